The summed E-state index contributed by atoms with van der Waals surface area (Å²) in [4.78, 5) is 0. The summed E-state index contributed by atoms with van der Waals surface area (Å²) in [5.41, 5.74) is 8.20. The molecule has 1 aromatic heterocycles. The van der Waals surface area contributed by atoms with Crippen molar-refractivity contribution < 1.29 is 17.9 Å². The Hall–Kier alpha value is -2.32. The van der Waals surface area contributed by atoms with Crippen molar-refractivity contribution in [3.63, 3.8) is 0 Å². The van der Waals surface area contributed by atoms with Crippen molar-refractivity contribution in [3.8, 4) is 11.1 Å². The maximum atomic E-state index is 12.8. The normalized spacial score (nSPS) is 12.6. The number of nitrogens with zero attached hydrogens (tertiary/aromatic N) is 2. The number of halogens is 3. The molecule has 8 heteroatoms. The fourth-order valence-corrected chi connectivity index (χ4v) is 3.61. The minimum absolute atomic E-state index is 0.309. The van der Waals surface area contributed by atoms with Gasteiger partial charge in [0.25, 0.3) is 0 Å². The second-order valence-corrected chi connectivity index (χ2v) is 13.7. The van der Waals surface area contributed by atoms with E-state index in [0.29, 0.717) is 24.6 Å². The van der Waals surface area contributed by atoms with E-state index in [4.69, 9.17) is 10.5 Å². The lowest BCUT2D eigenvalue weighted by atomic mass is 10.0. The molecule has 3 aromatic rings. The lowest BCUT2D eigenvalue weighted by Crippen LogP contribution is -2.22. The summed E-state index contributed by atoms with van der Waals surface area (Å²) < 4.78 is 45.8. The van der Waals surface area contributed by atoms with Crippen LogP contribution in [0.3, 0.4) is 0 Å². The second kappa shape index (κ2) is 7.60. The topological polar surface area (TPSA) is 53.1 Å². The average Bonchev–Trinajstić information content (AvgIpc) is 3.01. The van der Waals surface area contributed by atoms with Crippen LogP contribution in [0.5, 0.6) is 0 Å². The maximum Gasteiger partial charge on any atom is 0.416 e. The standard InChI is InChI=1S/C20H24F3N3OSi/c1-28(2,3)9-8-27-13-26-19-11-15(10-18(24)17(19)12-25-26)14-4-6-16(7-5-14)20(21,22)23/h4-7,10-12H,8-9,13,24H2,1-3H3. The summed E-state index contributed by atoms with van der Waals surface area (Å²) in [6, 6.07) is 9.75. The molecule has 2 N–H and O–H groups in total. The molecule has 0 bridgehead atoms. The number of anilines is 1. The number of hydrogen-bond donors (Lipinski definition) is 1. The quantitative estimate of drug-likeness (QED) is 0.328. The van der Waals surface area contributed by atoms with Crippen molar-refractivity contribution in [1.82, 2.24) is 9.78 Å². The van der Waals surface area contributed by atoms with Gasteiger partial charge in [-0.1, -0.05) is 31.8 Å². The van der Waals surface area contributed by atoms with E-state index in [0.717, 1.165) is 34.6 Å². The molecule has 3 rings (SSSR count). The highest BCUT2D eigenvalue weighted by Gasteiger charge is 2.30. The van der Waals surface area contributed by atoms with Crippen molar-refractivity contribution in [2.45, 2.75) is 38.6 Å². The van der Waals surface area contributed by atoms with Gasteiger partial charge in [-0.2, -0.15) is 18.3 Å². The zero-order chi connectivity index (χ0) is 20.5. The molecule has 0 amide bonds. The molecule has 0 aliphatic heterocycles. The number of nitrogen functional groups attached to an aromatic ring is 1. The molecule has 1 heterocycles. The molecule has 0 saturated carbocycles. The Morgan fingerprint density at radius 3 is 2.36 bits per heavy atom. The summed E-state index contributed by atoms with van der Waals surface area (Å²) >= 11 is 0. The van der Waals surface area contributed by atoms with Crippen LogP contribution in [0.1, 0.15) is 5.56 Å². The maximum absolute atomic E-state index is 12.8. The number of hydrogen-bond acceptors (Lipinski definition) is 3. The molecule has 0 saturated heterocycles. The molecular formula is C20H24F3N3OSi. The number of fused-ring (bicyclic) bond motifs is 1. The number of aromatic nitrogens is 2. The van der Waals surface area contributed by atoms with Crippen LogP contribution < -0.4 is 5.73 Å². The summed E-state index contributed by atoms with van der Waals surface area (Å²) in [6.45, 7) is 7.85. The summed E-state index contributed by atoms with van der Waals surface area (Å²) in [5.74, 6) is 0. The number of alkyl halides is 3. The third kappa shape index (κ3) is 4.74. The van der Waals surface area contributed by atoms with Crippen molar-refractivity contribution in [2.75, 3.05) is 12.3 Å². The van der Waals surface area contributed by atoms with E-state index in [2.05, 4.69) is 24.7 Å². The van der Waals surface area contributed by atoms with Gasteiger partial charge in [0.15, 0.2) is 0 Å². The van der Waals surface area contributed by atoms with Crippen LogP contribution in [0, 0.1) is 0 Å². The molecule has 0 unspecified atom stereocenters. The van der Waals surface area contributed by atoms with Gasteiger partial charge in [0.05, 0.1) is 17.3 Å². The lowest BCUT2D eigenvalue weighted by molar-refractivity contribution is -0.137. The monoisotopic (exact) mass is 407 g/mol. The summed E-state index contributed by atoms with van der Waals surface area (Å²) in [6.07, 6.45) is -2.67. The van der Waals surface area contributed by atoms with E-state index in [1.165, 1.54) is 12.1 Å². The predicted octanol–water partition coefficient (Wildman–Crippen LogP) is 5.62. The fourth-order valence-electron chi connectivity index (χ4n) is 2.85. The van der Waals surface area contributed by atoms with Gasteiger partial charge < -0.3 is 10.5 Å². The molecule has 150 valence electrons. The number of nitrogens with two attached hydrogens (primary N) is 1. The van der Waals surface area contributed by atoms with Gasteiger partial charge in [-0.05, 0) is 41.4 Å². The minimum atomic E-state index is -4.35. The third-order valence-electron chi connectivity index (χ3n) is 4.55. The predicted molar refractivity (Wildman–Crippen MR) is 109 cm³/mol. The van der Waals surface area contributed by atoms with E-state index < -0.39 is 19.8 Å². The molecule has 0 aliphatic rings. The molecule has 0 aliphatic carbocycles. The van der Waals surface area contributed by atoms with Crippen molar-refractivity contribution >= 4 is 24.7 Å². The molecule has 28 heavy (non-hydrogen) atoms. The Bertz CT molecular complexity index is 960. The van der Waals surface area contributed by atoms with Crippen LogP contribution in [-0.2, 0) is 17.6 Å². The minimum Gasteiger partial charge on any atom is -0.398 e. The number of ether oxygens (including phenoxy) is 1. The van der Waals surface area contributed by atoms with Gasteiger partial charge in [0.1, 0.15) is 6.73 Å². The molecule has 4 nitrogen and oxygen atoms in total. The molecular weight excluding hydrogens is 383 g/mol. The third-order valence-corrected chi connectivity index (χ3v) is 6.25. The largest absolute Gasteiger partial charge is 0.416 e. The first kappa shape index (κ1) is 20.4. The van der Waals surface area contributed by atoms with Crippen molar-refractivity contribution in [2.24, 2.45) is 0 Å². The van der Waals surface area contributed by atoms with Gasteiger partial charge in [0.2, 0.25) is 0 Å². The zero-order valence-corrected chi connectivity index (χ0v) is 17.2. The van der Waals surface area contributed by atoms with E-state index in [1.54, 1.807) is 16.9 Å². The van der Waals surface area contributed by atoms with Crippen LogP contribution in [0.15, 0.2) is 42.6 Å². The highest BCUT2D eigenvalue weighted by Crippen LogP contribution is 2.33. The lowest BCUT2D eigenvalue weighted by Gasteiger charge is -2.15. The molecule has 0 radical (unpaired) electrons. The van der Waals surface area contributed by atoms with Gasteiger partial charge >= 0.3 is 6.18 Å². The van der Waals surface area contributed by atoms with E-state index in [1.807, 2.05) is 6.07 Å². The number of rotatable bonds is 6. The SMILES string of the molecule is C[Si](C)(C)CCOCn1ncc2c(N)cc(-c3ccc(C(F)(F)F)cc3)cc21. The Kier molecular flexibility index (Phi) is 5.54. The fraction of sp³-hybridized carbons (Fsp3) is 0.350. The molecule has 0 fully saturated rings. The van der Waals surface area contributed by atoms with Crippen LogP contribution in [-0.4, -0.2) is 24.5 Å². The van der Waals surface area contributed by atoms with Crippen LogP contribution >= 0.6 is 0 Å². The first-order valence-corrected chi connectivity index (χ1v) is 12.8. The average molecular weight is 408 g/mol. The van der Waals surface area contributed by atoms with Gasteiger partial charge in [-0.3, -0.25) is 0 Å². The Morgan fingerprint density at radius 2 is 1.75 bits per heavy atom. The summed E-state index contributed by atoms with van der Waals surface area (Å²) in [7, 11) is -1.17. The van der Waals surface area contributed by atoms with E-state index in [-0.39, 0.29) is 0 Å². The van der Waals surface area contributed by atoms with Crippen molar-refractivity contribution in [1.29, 1.82) is 0 Å². The van der Waals surface area contributed by atoms with Crippen LogP contribution in [0.2, 0.25) is 25.7 Å². The van der Waals surface area contributed by atoms with Crippen LogP contribution in [0.4, 0.5) is 18.9 Å². The molecule has 2 aromatic carbocycles. The van der Waals surface area contributed by atoms with Gasteiger partial charge in [-0.25, -0.2) is 4.68 Å². The summed E-state index contributed by atoms with van der Waals surface area (Å²) in [5, 5.41) is 5.14. The van der Waals surface area contributed by atoms with E-state index >= 15 is 0 Å². The highest BCUT2D eigenvalue weighted by molar-refractivity contribution is 6.76. The first-order chi connectivity index (χ1) is 13.0. The molecule has 0 atom stereocenters. The smallest absolute Gasteiger partial charge is 0.398 e. The van der Waals surface area contributed by atoms with Gasteiger partial charge in [0, 0.05) is 25.8 Å². The Labute approximate surface area is 163 Å². The number of benzene rings is 2. The van der Waals surface area contributed by atoms with E-state index in [9.17, 15) is 13.2 Å². The van der Waals surface area contributed by atoms with Crippen molar-refractivity contribution in [3.05, 3.63) is 48.2 Å². The van der Waals surface area contributed by atoms with Gasteiger partial charge in [-0.15, -0.1) is 0 Å². The van der Waals surface area contributed by atoms with Crippen LogP contribution in [0.25, 0.3) is 22.0 Å². The Morgan fingerprint density at radius 1 is 1.07 bits per heavy atom. The second-order valence-electron chi connectivity index (χ2n) is 8.07. The highest BCUT2D eigenvalue weighted by atomic mass is 28.3. The first-order valence-electron chi connectivity index (χ1n) is 9.05. The zero-order valence-electron chi connectivity index (χ0n) is 16.2. The molecule has 0 spiro atoms. The Balaban J connectivity index is 1.85.